The van der Waals surface area contributed by atoms with Gasteiger partial charge < -0.3 is 10.6 Å². The normalized spacial score (nSPS) is 22.8. The first-order valence-corrected chi connectivity index (χ1v) is 6.75. The predicted octanol–water partition coefficient (Wildman–Crippen LogP) is 2.07. The van der Waals surface area contributed by atoms with Crippen LogP contribution in [0, 0.1) is 5.92 Å². The number of amides is 1. The Morgan fingerprint density at radius 3 is 2.94 bits per heavy atom. The van der Waals surface area contributed by atoms with Crippen LogP contribution in [0.1, 0.15) is 52.4 Å². The summed E-state index contributed by atoms with van der Waals surface area (Å²) in [5.74, 6) is 0.443. The average molecular weight is 226 g/mol. The van der Waals surface area contributed by atoms with Gasteiger partial charge in [-0.05, 0) is 32.7 Å². The second-order valence-corrected chi connectivity index (χ2v) is 4.95. The molecule has 1 saturated heterocycles. The SMILES string of the molecule is CCCCCC(C)NC(=O)[C@@H]1CCCNC1. The largest absolute Gasteiger partial charge is 0.353 e. The van der Waals surface area contributed by atoms with Crippen molar-refractivity contribution in [2.75, 3.05) is 13.1 Å². The third kappa shape index (κ3) is 4.97. The first-order chi connectivity index (χ1) is 7.74. The molecule has 1 aliphatic rings. The maximum absolute atomic E-state index is 11.9. The van der Waals surface area contributed by atoms with Crippen molar-refractivity contribution < 1.29 is 4.79 Å². The lowest BCUT2D eigenvalue weighted by Crippen LogP contribution is -2.43. The molecule has 1 amide bonds. The van der Waals surface area contributed by atoms with Gasteiger partial charge in [0.25, 0.3) is 0 Å². The van der Waals surface area contributed by atoms with Crippen molar-refractivity contribution in [3.63, 3.8) is 0 Å². The molecule has 0 aromatic rings. The Labute approximate surface area is 99.4 Å². The smallest absolute Gasteiger partial charge is 0.224 e. The monoisotopic (exact) mass is 226 g/mol. The molecule has 0 spiro atoms. The lowest BCUT2D eigenvalue weighted by Gasteiger charge is -2.24. The fraction of sp³-hybridized carbons (Fsp3) is 0.923. The molecule has 1 unspecified atom stereocenters. The summed E-state index contributed by atoms with van der Waals surface area (Å²) in [7, 11) is 0. The molecule has 1 fully saturated rings. The van der Waals surface area contributed by atoms with Gasteiger partial charge >= 0.3 is 0 Å². The summed E-state index contributed by atoms with van der Waals surface area (Å²) in [6.45, 7) is 6.24. The molecular weight excluding hydrogens is 200 g/mol. The molecule has 0 saturated carbocycles. The number of hydrogen-bond acceptors (Lipinski definition) is 2. The Morgan fingerprint density at radius 2 is 2.31 bits per heavy atom. The van der Waals surface area contributed by atoms with E-state index < -0.39 is 0 Å². The topological polar surface area (TPSA) is 41.1 Å². The number of nitrogens with one attached hydrogen (secondary N) is 2. The van der Waals surface area contributed by atoms with Crippen LogP contribution >= 0.6 is 0 Å². The van der Waals surface area contributed by atoms with Crippen LogP contribution in [0.2, 0.25) is 0 Å². The minimum Gasteiger partial charge on any atom is -0.353 e. The highest BCUT2D eigenvalue weighted by Crippen LogP contribution is 2.11. The second kappa shape index (κ2) is 7.66. The average Bonchev–Trinajstić information content (AvgIpc) is 2.30. The molecule has 0 radical (unpaired) electrons. The van der Waals surface area contributed by atoms with Crippen molar-refractivity contribution in [1.29, 1.82) is 0 Å². The van der Waals surface area contributed by atoms with Crippen molar-refractivity contribution in [2.24, 2.45) is 5.92 Å². The van der Waals surface area contributed by atoms with E-state index in [0.29, 0.717) is 6.04 Å². The van der Waals surface area contributed by atoms with Crippen molar-refractivity contribution in [1.82, 2.24) is 10.6 Å². The van der Waals surface area contributed by atoms with Gasteiger partial charge in [-0.25, -0.2) is 0 Å². The summed E-state index contributed by atoms with van der Waals surface area (Å²) in [4.78, 5) is 11.9. The second-order valence-electron chi connectivity index (χ2n) is 4.95. The quantitative estimate of drug-likeness (QED) is 0.681. The summed E-state index contributed by atoms with van der Waals surface area (Å²) in [5.41, 5.74) is 0. The van der Waals surface area contributed by atoms with Crippen LogP contribution in [0.4, 0.5) is 0 Å². The van der Waals surface area contributed by atoms with E-state index in [0.717, 1.165) is 32.4 Å². The van der Waals surface area contributed by atoms with Gasteiger partial charge in [0.2, 0.25) is 5.91 Å². The van der Waals surface area contributed by atoms with E-state index in [2.05, 4.69) is 24.5 Å². The fourth-order valence-corrected chi connectivity index (χ4v) is 2.21. The van der Waals surface area contributed by atoms with Crippen LogP contribution in [0.15, 0.2) is 0 Å². The molecule has 0 aliphatic carbocycles. The van der Waals surface area contributed by atoms with Crippen LogP contribution in [-0.4, -0.2) is 25.0 Å². The van der Waals surface area contributed by atoms with Gasteiger partial charge in [-0.15, -0.1) is 0 Å². The zero-order valence-corrected chi connectivity index (χ0v) is 10.7. The Morgan fingerprint density at radius 1 is 1.50 bits per heavy atom. The van der Waals surface area contributed by atoms with Crippen molar-refractivity contribution in [2.45, 2.75) is 58.4 Å². The van der Waals surface area contributed by atoms with Gasteiger partial charge in [0.05, 0.1) is 5.92 Å². The minimum atomic E-state index is 0.197. The molecule has 1 heterocycles. The Hall–Kier alpha value is -0.570. The predicted molar refractivity (Wildman–Crippen MR) is 67.3 cm³/mol. The van der Waals surface area contributed by atoms with Crippen LogP contribution in [0.5, 0.6) is 0 Å². The van der Waals surface area contributed by atoms with E-state index >= 15 is 0 Å². The highest BCUT2D eigenvalue weighted by Gasteiger charge is 2.21. The van der Waals surface area contributed by atoms with E-state index in [1.165, 1.54) is 19.3 Å². The molecule has 1 aliphatic heterocycles. The number of piperidine rings is 1. The van der Waals surface area contributed by atoms with Crippen LogP contribution < -0.4 is 10.6 Å². The fourth-order valence-electron chi connectivity index (χ4n) is 2.21. The van der Waals surface area contributed by atoms with Crippen LogP contribution in [0.25, 0.3) is 0 Å². The third-order valence-electron chi connectivity index (χ3n) is 3.30. The lowest BCUT2D eigenvalue weighted by atomic mass is 9.98. The zero-order chi connectivity index (χ0) is 11.8. The summed E-state index contributed by atoms with van der Waals surface area (Å²) >= 11 is 0. The summed E-state index contributed by atoms with van der Waals surface area (Å²) in [6, 6.07) is 0.334. The Bertz CT molecular complexity index is 200. The summed E-state index contributed by atoms with van der Waals surface area (Å²) < 4.78 is 0. The maximum atomic E-state index is 11.9. The molecule has 0 bridgehead atoms. The van der Waals surface area contributed by atoms with E-state index in [1.54, 1.807) is 0 Å². The molecule has 3 heteroatoms. The first-order valence-electron chi connectivity index (χ1n) is 6.75. The minimum absolute atomic E-state index is 0.197. The Balaban J connectivity index is 2.16. The molecule has 2 N–H and O–H groups in total. The van der Waals surface area contributed by atoms with E-state index in [-0.39, 0.29) is 11.8 Å². The highest BCUT2D eigenvalue weighted by atomic mass is 16.1. The number of rotatable bonds is 6. The van der Waals surface area contributed by atoms with Crippen LogP contribution in [-0.2, 0) is 4.79 Å². The molecule has 0 aromatic carbocycles. The molecular formula is C13H26N2O. The Kier molecular flexibility index (Phi) is 6.46. The van der Waals surface area contributed by atoms with Crippen molar-refractivity contribution in [3.8, 4) is 0 Å². The van der Waals surface area contributed by atoms with Gasteiger partial charge in [-0.1, -0.05) is 26.2 Å². The number of hydrogen-bond donors (Lipinski definition) is 2. The molecule has 3 nitrogen and oxygen atoms in total. The van der Waals surface area contributed by atoms with Crippen LogP contribution in [0.3, 0.4) is 0 Å². The van der Waals surface area contributed by atoms with Gasteiger partial charge in [0.1, 0.15) is 0 Å². The highest BCUT2D eigenvalue weighted by molar-refractivity contribution is 5.79. The number of unbranched alkanes of at least 4 members (excludes halogenated alkanes) is 2. The molecule has 94 valence electrons. The van der Waals surface area contributed by atoms with Gasteiger partial charge in [0, 0.05) is 12.6 Å². The molecule has 0 aromatic heterocycles. The molecule has 1 rings (SSSR count). The standard InChI is InChI=1S/C13H26N2O/c1-3-4-5-7-11(2)15-13(16)12-8-6-9-14-10-12/h11-12,14H,3-10H2,1-2H3,(H,15,16)/t11?,12-/m1/s1. The van der Waals surface area contributed by atoms with Gasteiger partial charge in [-0.3, -0.25) is 4.79 Å². The van der Waals surface area contributed by atoms with E-state index in [1.807, 2.05) is 0 Å². The van der Waals surface area contributed by atoms with Crippen molar-refractivity contribution >= 4 is 5.91 Å². The summed E-state index contributed by atoms with van der Waals surface area (Å²) in [5, 5.41) is 6.41. The van der Waals surface area contributed by atoms with E-state index in [4.69, 9.17) is 0 Å². The van der Waals surface area contributed by atoms with Gasteiger partial charge in [0.15, 0.2) is 0 Å². The third-order valence-corrected chi connectivity index (χ3v) is 3.30. The number of carbonyl (C=O) groups is 1. The summed E-state index contributed by atoms with van der Waals surface area (Å²) in [6.07, 6.45) is 7.02. The first kappa shape index (κ1) is 13.5. The number of carbonyl (C=O) groups excluding carboxylic acids is 1. The molecule has 16 heavy (non-hydrogen) atoms. The lowest BCUT2D eigenvalue weighted by molar-refractivity contribution is -0.126. The molecule has 2 atom stereocenters. The van der Waals surface area contributed by atoms with Crippen molar-refractivity contribution in [3.05, 3.63) is 0 Å². The van der Waals surface area contributed by atoms with E-state index in [9.17, 15) is 4.79 Å². The zero-order valence-electron chi connectivity index (χ0n) is 10.7. The maximum Gasteiger partial charge on any atom is 0.224 e. The van der Waals surface area contributed by atoms with Gasteiger partial charge in [-0.2, -0.15) is 0 Å².